The Hall–Kier alpha value is -2.63. The summed E-state index contributed by atoms with van der Waals surface area (Å²) in [6.07, 6.45) is 0. The molecule has 104 valence electrons. The first-order valence-electron chi connectivity index (χ1n) is 6.08. The first kappa shape index (κ1) is 13.8. The zero-order valence-corrected chi connectivity index (χ0v) is 11.3. The highest BCUT2D eigenvalue weighted by molar-refractivity contribution is 5.95. The van der Waals surface area contributed by atoms with E-state index in [-0.39, 0.29) is 17.3 Å². The van der Waals surface area contributed by atoms with Gasteiger partial charge in [-0.2, -0.15) is 5.10 Å². The first-order valence-corrected chi connectivity index (χ1v) is 6.08. The highest BCUT2D eigenvalue weighted by Crippen LogP contribution is 2.10. The van der Waals surface area contributed by atoms with Gasteiger partial charge in [-0.15, -0.1) is 0 Å². The van der Waals surface area contributed by atoms with Crippen LogP contribution in [-0.4, -0.2) is 35.8 Å². The molecule has 6 heteroatoms. The Labute approximate surface area is 116 Å². The number of nitrogens with zero attached hydrogens (tertiary/aromatic N) is 2. The quantitative estimate of drug-likeness (QED) is 0.846. The molecule has 6 nitrogen and oxygen atoms in total. The minimum atomic E-state index is -0.524. The van der Waals surface area contributed by atoms with Crippen LogP contribution in [0.15, 0.2) is 36.4 Å². The lowest BCUT2D eigenvalue weighted by molar-refractivity contribution is 0.0587. The van der Waals surface area contributed by atoms with Gasteiger partial charge in [0.1, 0.15) is 5.69 Å². The van der Waals surface area contributed by atoms with Crippen molar-refractivity contribution in [1.82, 2.24) is 15.1 Å². The van der Waals surface area contributed by atoms with E-state index in [9.17, 15) is 9.59 Å². The van der Waals surface area contributed by atoms with Gasteiger partial charge in [0.2, 0.25) is 0 Å². The maximum atomic E-state index is 11.7. The van der Waals surface area contributed by atoms with Crippen molar-refractivity contribution in [2.24, 2.45) is 0 Å². The molecule has 1 amide bonds. The van der Waals surface area contributed by atoms with Crippen molar-refractivity contribution >= 4 is 11.9 Å². The molecule has 0 radical (unpaired) electrons. The molecule has 0 saturated heterocycles. The zero-order chi connectivity index (χ0) is 14.5. The van der Waals surface area contributed by atoms with E-state index in [1.807, 2.05) is 30.3 Å². The fourth-order valence-corrected chi connectivity index (χ4v) is 1.80. The van der Waals surface area contributed by atoms with Gasteiger partial charge in [0, 0.05) is 13.1 Å². The SMILES string of the molecule is CNC(=O)c1cc(C(=O)OC)n(Cc2ccccc2)n1. The Balaban J connectivity index is 2.37. The summed E-state index contributed by atoms with van der Waals surface area (Å²) < 4.78 is 6.17. The van der Waals surface area contributed by atoms with Crippen LogP contribution in [0.4, 0.5) is 0 Å². The summed E-state index contributed by atoms with van der Waals surface area (Å²) in [6, 6.07) is 11.0. The lowest BCUT2D eigenvalue weighted by Crippen LogP contribution is -2.18. The maximum Gasteiger partial charge on any atom is 0.356 e. The summed E-state index contributed by atoms with van der Waals surface area (Å²) in [5.41, 5.74) is 1.41. The fraction of sp³-hybridized carbons (Fsp3) is 0.214. The summed E-state index contributed by atoms with van der Waals surface area (Å²) >= 11 is 0. The van der Waals surface area contributed by atoms with Gasteiger partial charge in [-0.05, 0) is 5.56 Å². The van der Waals surface area contributed by atoms with Crippen LogP contribution in [0, 0.1) is 0 Å². The van der Waals surface area contributed by atoms with E-state index in [0.29, 0.717) is 6.54 Å². The van der Waals surface area contributed by atoms with Crippen molar-refractivity contribution < 1.29 is 14.3 Å². The van der Waals surface area contributed by atoms with Crippen LogP contribution < -0.4 is 5.32 Å². The van der Waals surface area contributed by atoms with Crippen LogP contribution in [0.1, 0.15) is 26.5 Å². The third-order valence-electron chi connectivity index (χ3n) is 2.81. The second-order valence-corrected chi connectivity index (χ2v) is 4.13. The fourth-order valence-electron chi connectivity index (χ4n) is 1.80. The predicted octanol–water partition coefficient (Wildman–Crippen LogP) is 1.08. The van der Waals surface area contributed by atoms with E-state index in [0.717, 1.165) is 5.56 Å². The molecular formula is C14H15N3O3. The third kappa shape index (κ3) is 2.85. The zero-order valence-electron chi connectivity index (χ0n) is 11.3. The molecule has 20 heavy (non-hydrogen) atoms. The third-order valence-corrected chi connectivity index (χ3v) is 2.81. The van der Waals surface area contributed by atoms with Gasteiger partial charge in [0.25, 0.3) is 5.91 Å². The lowest BCUT2D eigenvalue weighted by Gasteiger charge is -2.05. The Morgan fingerprint density at radius 2 is 2.00 bits per heavy atom. The van der Waals surface area contributed by atoms with Gasteiger partial charge in [-0.3, -0.25) is 9.48 Å². The second kappa shape index (κ2) is 6.01. The van der Waals surface area contributed by atoms with Crippen molar-refractivity contribution in [2.75, 3.05) is 14.2 Å². The standard InChI is InChI=1S/C14H15N3O3/c1-15-13(18)11-8-12(14(19)20-2)17(16-11)9-10-6-4-3-5-7-10/h3-8H,9H2,1-2H3,(H,15,18). The van der Waals surface area contributed by atoms with Gasteiger partial charge < -0.3 is 10.1 Å². The summed E-state index contributed by atoms with van der Waals surface area (Å²) in [5.74, 6) is -0.870. The number of carbonyl (C=O) groups excluding carboxylic acids is 2. The maximum absolute atomic E-state index is 11.7. The second-order valence-electron chi connectivity index (χ2n) is 4.13. The topological polar surface area (TPSA) is 73.2 Å². The van der Waals surface area contributed by atoms with Gasteiger partial charge in [-0.25, -0.2) is 4.79 Å². The minimum absolute atomic E-state index is 0.184. The molecule has 1 N–H and O–H groups in total. The average molecular weight is 273 g/mol. The van der Waals surface area contributed by atoms with Gasteiger partial charge in [-0.1, -0.05) is 30.3 Å². The van der Waals surface area contributed by atoms with E-state index >= 15 is 0 Å². The van der Waals surface area contributed by atoms with E-state index in [1.54, 1.807) is 0 Å². The average Bonchev–Trinajstić information content (AvgIpc) is 2.90. The first-order chi connectivity index (χ1) is 9.65. The number of rotatable bonds is 4. The molecule has 0 aliphatic heterocycles. The lowest BCUT2D eigenvalue weighted by atomic mass is 10.2. The number of benzene rings is 1. The number of carbonyl (C=O) groups is 2. The molecular weight excluding hydrogens is 258 g/mol. The van der Waals surface area contributed by atoms with E-state index in [1.165, 1.54) is 24.9 Å². The van der Waals surface area contributed by atoms with Crippen LogP contribution in [0.5, 0.6) is 0 Å². The number of hydrogen-bond donors (Lipinski definition) is 1. The molecule has 0 saturated carbocycles. The molecule has 0 aliphatic carbocycles. The number of ether oxygens (including phenoxy) is 1. The van der Waals surface area contributed by atoms with Crippen LogP contribution in [0.3, 0.4) is 0 Å². The normalized spacial score (nSPS) is 10.1. The van der Waals surface area contributed by atoms with E-state index < -0.39 is 5.97 Å². The Morgan fingerprint density at radius 3 is 2.60 bits per heavy atom. The number of aromatic nitrogens is 2. The van der Waals surface area contributed by atoms with Crippen molar-refractivity contribution in [1.29, 1.82) is 0 Å². The Morgan fingerprint density at radius 1 is 1.30 bits per heavy atom. The van der Waals surface area contributed by atoms with Crippen molar-refractivity contribution in [3.05, 3.63) is 53.3 Å². The molecule has 0 atom stereocenters. The van der Waals surface area contributed by atoms with E-state index in [2.05, 4.69) is 10.4 Å². The van der Waals surface area contributed by atoms with Crippen molar-refractivity contribution in [3.63, 3.8) is 0 Å². The molecule has 1 aromatic heterocycles. The summed E-state index contributed by atoms with van der Waals surface area (Å²) in [4.78, 5) is 23.3. The number of esters is 1. The number of hydrogen-bond acceptors (Lipinski definition) is 4. The van der Waals surface area contributed by atoms with E-state index in [4.69, 9.17) is 4.74 Å². The van der Waals surface area contributed by atoms with Crippen molar-refractivity contribution in [3.8, 4) is 0 Å². The molecule has 1 heterocycles. The van der Waals surface area contributed by atoms with Crippen LogP contribution in [0.25, 0.3) is 0 Å². The minimum Gasteiger partial charge on any atom is -0.464 e. The van der Waals surface area contributed by atoms with Crippen molar-refractivity contribution in [2.45, 2.75) is 6.54 Å². The molecule has 0 aliphatic rings. The molecule has 0 unspecified atom stereocenters. The monoisotopic (exact) mass is 273 g/mol. The number of nitrogens with one attached hydrogen (secondary N) is 1. The van der Waals surface area contributed by atoms with Crippen LogP contribution in [-0.2, 0) is 11.3 Å². The molecule has 1 aromatic carbocycles. The summed E-state index contributed by atoms with van der Waals surface area (Å²) in [6.45, 7) is 0.391. The number of amides is 1. The van der Waals surface area contributed by atoms with Crippen LogP contribution >= 0.6 is 0 Å². The molecule has 2 aromatic rings. The molecule has 0 bridgehead atoms. The summed E-state index contributed by atoms with van der Waals surface area (Å²) in [7, 11) is 2.80. The summed E-state index contributed by atoms with van der Waals surface area (Å²) in [5, 5.41) is 6.62. The van der Waals surface area contributed by atoms with Gasteiger partial charge >= 0.3 is 5.97 Å². The highest BCUT2D eigenvalue weighted by Gasteiger charge is 2.19. The Bertz CT molecular complexity index is 620. The van der Waals surface area contributed by atoms with Gasteiger partial charge in [0.15, 0.2) is 5.69 Å². The number of methoxy groups -OCH3 is 1. The smallest absolute Gasteiger partial charge is 0.356 e. The Kier molecular flexibility index (Phi) is 4.14. The van der Waals surface area contributed by atoms with Crippen LogP contribution in [0.2, 0.25) is 0 Å². The molecule has 0 fully saturated rings. The predicted molar refractivity (Wildman–Crippen MR) is 72.5 cm³/mol. The molecule has 0 spiro atoms. The molecule has 2 rings (SSSR count). The largest absolute Gasteiger partial charge is 0.464 e. The highest BCUT2D eigenvalue weighted by atomic mass is 16.5. The van der Waals surface area contributed by atoms with Gasteiger partial charge in [0.05, 0.1) is 13.7 Å².